The summed E-state index contributed by atoms with van der Waals surface area (Å²) in [6, 6.07) is 12.6. The molecule has 2 rings (SSSR count). The predicted molar refractivity (Wildman–Crippen MR) is 92.5 cm³/mol. The number of rotatable bonds is 5. The Morgan fingerprint density at radius 1 is 1.00 bits per heavy atom. The molecule has 0 fully saturated rings. The van der Waals surface area contributed by atoms with Crippen LogP contribution in [0.15, 0.2) is 36.4 Å². The van der Waals surface area contributed by atoms with E-state index in [0.717, 1.165) is 28.6 Å². The molecule has 2 aromatic rings. The lowest BCUT2D eigenvalue weighted by molar-refractivity contribution is 0.547. The van der Waals surface area contributed by atoms with Crippen LogP contribution in [0.25, 0.3) is 0 Å². The molecule has 0 radical (unpaired) electrons. The summed E-state index contributed by atoms with van der Waals surface area (Å²) >= 11 is 12.2. The highest BCUT2D eigenvalue weighted by molar-refractivity contribution is 6.31. The van der Waals surface area contributed by atoms with Crippen LogP contribution in [0.1, 0.15) is 35.2 Å². The van der Waals surface area contributed by atoms with Crippen molar-refractivity contribution in [1.29, 1.82) is 0 Å². The summed E-state index contributed by atoms with van der Waals surface area (Å²) in [7, 11) is 0. The molecule has 0 aliphatic rings. The van der Waals surface area contributed by atoms with Crippen molar-refractivity contribution in [3.05, 3.63) is 68.7 Å². The summed E-state index contributed by atoms with van der Waals surface area (Å²) in [4.78, 5) is 0. The number of likely N-dealkylation sites (N-methyl/N-ethyl adjacent to an activating group) is 1. The average Bonchev–Trinajstić information content (AvgIpc) is 2.45. The first kappa shape index (κ1) is 16.4. The smallest absolute Gasteiger partial charge is 0.0438 e. The molecule has 1 nitrogen and oxygen atoms in total. The normalized spacial score (nSPS) is 12.4. The van der Waals surface area contributed by atoms with Crippen LogP contribution in [-0.4, -0.2) is 6.54 Å². The second kappa shape index (κ2) is 7.31. The van der Waals surface area contributed by atoms with Crippen LogP contribution in [0.3, 0.4) is 0 Å². The first-order chi connectivity index (χ1) is 10.0. The van der Waals surface area contributed by atoms with Crippen molar-refractivity contribution in [3.63, 3.8) is 0 Å². The molecule has 1 unspecified atom stereocenters. The number of hydrogen-bond donors (Lipinski definition) is 1. The van der Waals surface area contributed by atoms with Gasteiger partial charge < -0.3 is 5.32 Å². The molecular weight excluding hydrogens is 301 g/mol. The Morgan fingerprint density at radius 2 is 1.67 bits per heavy atom. The summed E-state index contributed by atoms with van der Waals surface area (Å²) in [6.45, 7) is 7.23. The Bertz CT molecular complexity index is 605. The van der Waals surface area contributed by atoms with Crippen LogP contribution in [0.5, 0.6) is 0 Å². The first-order valence-electron chi connectivity index (χ1n) is 7.25. The van der Waals surface area contributed by atoms with E-state index in [1.54, 1.807) is 0 Å². The molecule has 1 N–H and O–H groups in total. The Morgan fingerprint density at radius 3 is 2.29 bits per heavy atom. The van der Waals surface area contributed by atoms with Crippen LogP contribution >= 0.6 is 23.2 Å². The summed E-state index contributed by atoms with van der Waals surface area (Å²) < 4.78 is 0. The molecule has 0 amide bonds. The molecule has 0 heterocycles. The Hall–Kier alpha value is -1.02. The number of aryl methyl sites for hydroxylation is 2. The van der Waals surface area contributed by atoms with Crippen molar-refractivity contribution < 1.29 is 0 Å². The minimum Gasteiger partial charge on any atom is -0.310 e. The van der Waals surface area contributed by atoms with Gasteiger partial charge in [0.05, 0.1) is 0 Å². The van der Waals surface area contributed by atoms with Gasteiger partial charge in [0, 0.05) is 16.1 Å². The van der Waals surface area contributed by atoms with E-state index in [1.165, 1.54) is 16.7 Å². The minimum absolute atomic E-state index is 0.284. The van der Waals surface area contributed by atoms with Crippen molar-refractivity contribution in [2.45, 2.75) is 33.2 Å². The third-order valence-corrected chi connectivity index (χ3v) is 4.39. The molecule has 0 aliphatic carbocycles. The third-order valence-electron chi connectivity index (χ3n) is 3.73. The van der Waals surface area contributed by atoms with Crippen LogP contribution in [0.2, 0.25) is 10.0 Å². The molecule has 112 valence electrons. The summed E-state index contributed by atoms with van der Waals surface area (Å²) in [5.74, 6) is 0. The van der Waals surface area contributed by atoms with Gasteiger partial charge in [-0.05, 0) is 67.3 Å². The topological polar surface area (TPSA) is 12.0 Å². The fraction of sp³-hybridized carbons (Fsp3) is 0.333. The molecular formula is C18H21Cl2N. The van der Waals surface area contributed by atoms with Crippen LogP contribution in [-0.2, 0) is 6.42 Å². The highest BCUT2D eigenvalue weighted by atomic mass is 35.5. The SMILES string of the molecule is CCNC(Cc1ccc(Cl)cc1)c1cc(C)c(Cl)cc1C. The molecule has 0 saturated carbocycles. The third kappa shape index (κ3) is 4.23. The van der Waals surface area contributed by atoms with Gasteiger partial charge in [-0.25, -0.2) is 0 Å². The Kier molecular flexibility index (Phi) is 5.69. The molecule has 3 heteroatoms. The molecule has 21 heavy (non-hydrogen) atoms. The highest BCUT2D eigenvalue weighted by Crippen LogP contribution is 2.27. The maximum absolute atomic E-state index is 6.21. The molecule has 0 bridgehead atoms. The monoisotopic (exact) mass is 321 g/mol. The Balaban J connectivity index is 2.30. The van der Waals surface area contributed by atoms with Gasteiger partial charge in [-0.2, -0.15) is 0 Å². The zero-order valence-electron chi connectivity index (χ0n) is 12.7. The lowest BCUT2D eigenvalue weighted by Gasteiger charge is -2.21. The molecule has 0 aromatic heterocycles. The van der Waals surface area contributed by atoms with Gasteiger partial charge in [0.2, 0.25) is 0 Å². The van der Waals surface area contributed by atoms with Gasteiger partial charge in [-0.1, -0.05) is 48.3 Å². The quantitative estimate of drug-likeness (QED) is 0.766. The van der Waals surface area contributed by atoms with Crippen LogP contribution in [0.4, 0.5) is 0 Å². The standard InChI is InChI=1S/C18H21Cl2N/c1-4-21-18(11-14-5-7-15(19)8-6-14)16-9-13(3)17(20)10-12(16)2/h5-10,18,21H,4,11H2,1-3H3. The number of halogens is 2. The second-order valence-electron chi connectivity index (χ2n) is 5.40. The second-order valence-corrected chi connectivity index (χ2v) is 6.24. The van der Waals surface area contributed by atoms with Gasteiger partial charge in [-0.3, -0.25) is 0 Å². The van der Waals surface area contributed by atoms with E-state index in [4.69, 9.17) is 23.2 Å². The lowest BCUT2D eigenvalue weighted by atomic mass is 9.94. The molecule has 2 aromatic carbocycles. The van der Waals surface area contributed by atoms with E-state index < -0.39 is 0 Å². The maximum atomic E-state index is 6.21. The summed E-state index contributed by atoms with van der Waals surface area (Å²) in [6.07, 6.45) is 0.937. The Labute approximate surface area is 137 Å². The minimum atomic E-state index is 0.284. The van der Waals surface area contributed by atoms with Gasteiger partial charge >= 0.3 is 0 Å². The number of nitrogens with one attached hydrogen (secondary N) is 1. The van der Waals surface area contributed by atoms with E-state index in [-0.39, 0.29) is 6.04 Å². The van der Waals surface area contributed by atoms with Crippen molar-refractivity contribution in [2.24, 2.45) is 0 Å². The van der Waals surface area contributed by atoms with Crippen LogP contribution in [0, 0.1) is 13.8 Å². The number of benzene rings is 2. The highest BCUT2D eigenvalue weighted by Gasteiger charge is 2.15. The summed E-state index contributed by atoms with van der Waals surface area (Å²) in [5.41, 5.74) is 4.94. The van der Waals surface area contributed by atoms with Crippen molar-refractivity contribution in [2.75, 3.05) is 6.54 Å². The van der Waals surface area contributed by atoms with E-state index in [9.17, 15) is 0 Å². The van der Waals surface area contributed by atoms with Gasteiger partial charge in [0.25, 0.3) is 0 Å². The zero-order valence-corrected chi connectivity index (χ0v) is 14.2. The van der Waals surface area contributed by atoms with E-state index in [1.807, 2.05) is 12.1 Å². The summed E-state index contributed by atoms with van der Waals surface area (Å²) in [5, 5.41) is 5.18. The van der Waals surface area contributed by atoms with E-state index >= 15 is 0 Å². The fourth-order valence-electron chi connectivity index (χ4n) is 2.57. The molecule has 0 saturated heterocycles. The maximum Gasteiger partial charge on any atom is 0.0438 e. The van der Waals surface area contributed by atoms with E-state index in [0.29, 0.717) is 0 Å². The predicted octanol–water partition coefficient (Wildman–Crippen LogP) is 5.50. The zero-order chi connectivity index (χ0) is 15.4. The van der Waals surface area contributed by atoms with Crippen molar-refractivity contribution in [3.8, 4) is 0 Å². The van der Waals surface area contributed by atoms with Gasteiger partial charge in [0.15, 0.2) is 0 Å². The van der Waals surface area contributed by atoms with Gasteiger partial charge in [0.1, 0.15) is 0 Å². The van der Waals surface area contributed by atoms with Crippen molar-refractivity contribution in [1.82, 2.24) is 5.32 Å². The lowest BCUT2D eigenvalue weighted by Crippen LogP contribution is -2.24. The van der Waals surface area contributed by atoms with Crippen molar-refractivity contribution >= 4 is 23.2 Å². The first-order valence-corrected chi connectivity index (χ1v) is 8.01. The molecule has 0 aliphatic heterocycles. The average molecular weight is 322 g/mol. The number of hydrogen-bond acceptors (Lipinski definition) is 1. The van der Waals surface area contributed by atoms with Gasteiger partial charge in [-0.15, -0.1) is 0 Å². The van der Waals surface area contributed by atoms with Crippen LogP contribution < -0.4 is 5.32 Å². The van der Waals surface area contributed by atoms with E-state index in [2.05, 4.69) is 50.4 Å². The largest absolute Gasteiger partial charge is 0.310 e. The molecule has 1 atom stereocenters. The molecule has 0 spiro atoms. The fourth-order valence-corrected chi connectivity index (χ4v) is 2.92.